The van der Waals surface area contributed by atoms with E-state index in [-0.39, 0.29) is 11.8 Å². The van der Waals surface area contributed by atoms with Gasteiger partial charge >= 0.3 is 0 Å². The Morgan fingerprint density at radius 1 is 1.13 bits per heavy atom. The topological polar surface area (TPSA) is 70.7 Å². The number of hydrogen-bond donors (Lipinski definition) is 2. The van der Waals surface area contributed by atoms with E-state index < -0.39 is 5.41 Å². The van der Waals surface area contributed by atoms with E-state index in [1.165, 1.54) is 0 Å². The number of likely N-dealkylation sites (N-methyl/N-ethyl adjacent to an activating group) is 1. The van der Waals surface area contributed by atoms with Crippen molar-refractivity contribution in [2.45, 2.75) is 19.4 Å². The van der Waals surface area contributed by atoms with Gasteiger partial charge in [-0.3, -0.25) is 9.59 Å². The Morgan fingerprint density at radius 3 is 2.26 bits per heavy atom. The molecule has 2 amide bonds. The van der Waals surface area contributed by atoms with Gasteiger partial charge in [0.1, 0.15) is 11.2 Å². The normalized spacial score (nSPS) is 15.1. The van der Waals surface area contributed by atoms with Crippen molar-refractivity contribution in [1.29, 1.82) is 0 Å². The maximum absolute atomic E-state index is 12.4. The van der Waals surface area contributed by atoms with E-state index in [9.17, 15) is 9.59 Å². The van der Waals surface area contributed by atoms with Crippen molar-refractivity contribution in [3.63, 3.8) is 0 Å². The average Bonchev–Trinajstić information content (AvgIpc) is 3.34. The van der Waals surface area contributed by atoms with Gasteiger partial charge in [-0.1, -0.05) is 12.1 Å². The van der Waals surface area contributed by atoms with Gasteiger partial charge in [-0.2, -0.15) is 0 Å². The molecule has 1 aromatic rings. The maximum Gasteiger partial charge on any atom is 0.235 e. The van der Waals surface area contributed by atoms with Crippen molar-refractivity contribution in [1.82, 2.24) is 15.5 Å². The molecule has 0 unspecified atom stereocenters. The average molecular weight is 319 g/mol. The third-order valence-electron chi connectivity index (χ3n) is 4.08. The molecule has 1 aliphatic carbocycles. The molecule has 2 N–H and O–H groups in total. The highest BCUT2D eigenvalue weighted by Crippen LogP contribution is 2.46. The third kappa shape index (κ3) is 4.45. The summed E-state index contributed by atoms with van der Waals surface area (Å²) in [6.07, 6.45) is 1.24. The van der Waals surface area contributed by atoms with E-state index in [0.717, 1.165) is 17.9 Å². The van der Waals surface area contributed by atoms with Crippen LogP contribution >= 0.6 is 0 Å². The molecule has 126 valence electrons. The van der Waals surface area contributed by atoms with Gasteiger partial charge in [0.05, 0.1) is 7.11 Å². The van der Waals surface area contributed by atoms with Gasteiger partial charge in [0.2, 0.25) is 11.8 Å². The molecule has 23 heavy (non-hydrogen) atoms. The highest BCUT2D eigenvalue weighted by atomic mass is 16.5. The first-order chi connectivity index (χ1) is 11.0. The Balaban J connectivity index is 1.83. The first-order valence-corrected chi connectivity index (χ1v) is 7.82. The Hall–Kier alpha value is -2.08. The predicted octanol–water partition coefficient (Wildman–Crippen LogP) is 0.769. The summed E-state index contributed by atoms with van der Waals surface area (Å²) in [4.78, 5) is 26.6. The SMILES string of the molecule is COc1ccc(CNC(=O)C2(C(=O)NCCN(C)C)CC2)cc1. The first kappa shape index (κ1) is 17.3. The summed E-state index contributed by atoms with van der Waals surface area (Å²) in [5.41, 5.74) is 0.113. The fraction of sp³-hybridized carbons (Fsp3) is 0.529. The van der Waals surface area contributed by atoms with Gasteiger partial charge < -0.3 is 20.3 Å². The largest absolute Gasteiger partial charge is 0.497 e. The Morgan fingerprint density at radius 2 is 1.74 bits per heavy atom. The molecule has 0 aliphatic heterocycles. The van der Waals surface area contributed by atoms with Crippen LogP contribution in [0, 0.1) is 5.41 Å². The van der Waals surface area contributed by atoms with Crippen LogP contribution in [-0.2, 0) is 16.1 Å². The zero-order chi connectivity index (χ0) is 16.9. The lowest BCUT2D eigenvalue weighted by Crippen LogP contribution is -2.44. The Labute approximate surface area is 137 Å². The van der Waals surface area contributed by atoms with E-state index >= 15 is 0 Å². The van der Waals surface area contributed by atoms with E-state index in [1.807, 2.05) is 43.3 Å². The van der Waals surface area contributed by atoms with Crippen LogP contribution in [0.3, 0.4) is 0 Å². The van der Waals surface area contributed by atoms with Crippen LogP contribution in [0.1, 0.15) is 18.4 Å². The highest BCUT2D eigenvalue weighted by Gasteiger charge is 2.56. The molecule has 1 fully saturated rings. The summed E-state index contributed by atoms with van der Waals surface area (Å²) >= 11 is 0. The van der Waals surface area contributed by atoms with Crippen molar-refractivity contribution in [3.05, 3.63) is 29.8 Å². The summed E-state index contributed by atoms with van der Waals surface area (Å²) < 4.78 is 5.10. The van der Waals surface area contributed by atoms with E-state index in [4.69, 9.17) is 4.74 Å². The van der Waals surface area contributed by atoms with Gasteiger partial charge in [0.25, 0.3) is 0 Å². The maximum atomic E-state index is 12.4. The number of nitrogens with one attached hydrogen (secondary N) is 2. The summed E-state index contributed by atoms with van der Waals surface area (Å²) in [5.74, 6) is 0.432. The number of amides is 2. The van der Waals surface area contributed by atoms with E-state index in [0.29, 0.717) is 25.9 Å². The van der Waals surface area contributed by atoms with Crippen molar-refractivity contribution in [2.24, 2.45) is 5.41 Å². The summed E-state index contributed by atoms with van der Waals surface area (Å²) in [5, 5.41) is 5.72. The van der Waals surface area contributed by atoms with Gasteiger partial charge in [-0.25, -0.2) is 0 Å². The van der Waals surface area contributed by atoms with Gasteiger partial charge in [-0.15, -0.1) is 0 Å². The number of carbonyl (C=O) groups excluding carboxylic acids is 2. The van der Waals surface area contributed by atoms with Crippen molar-refractivity contribution >= 4 is 11.8 Å². The lowest BCUT2D eigenvalue weighted by Gasteiger charge is -2.16. The Bertz CT molecular complexity index is 551. The molecular formula is C17H25N3O3. The van der Waals surface area contributed by atoms with Crippen LogP contribution in [0.4, 0.5) is 0 Å². The molecule has 0 heterocycles. The molecule has 0 spiro atoms. The number of ether oxygens (including phenoxy) is 1. The molecule has 0 bridgehead atoms. The van der Waals surface area contributed by atoms with Crippen molar-refractivity contribution in [3.8, 4) is 5.75 Å². The lowest BCUT2D eigenvalue weighted by molar-refractivity contribution is -0.137. The second kappa shape index (κ2) is 7.46. The van der Waals surface area contributed by atoms with Gasteiger partial charge in [0, 0.05) is 19.6 Å². The van der Waals surface area contributed by atoms with Gasteiger partial charge in [0.15, 0.2) is 0 Å². The van der Waals surface area contributed by atoms with Crippen LogP contribution in [0.25, 0.3) is 0 Å². The predicted molar refractivity (Wildman–Crippen MR) is 88.1 cm³/mol. The van der Waals surface area contributed by atoms with Crippen molar-refractivity contribution in [2.75, 3.05) is 34.3 Å². The quantitative estimate of drug-likeness (QED) is 0.694. The molecule has 1 aromatic carbocycles. The smallest absolute Gasteiger partial charge is 0.235 e. The van der Waals surface area contributed by atoms with Crippen molar-refractivity contribution < 1.29 is 14.3 Å². The second-order valence-corrected chi connectivity index (χ2v) is 6.17. The monoisotopic (exact) mass is 319 g/mol. The zero-order valence-corrected chi connectivity index (χ0v) is 14.0. The number of methoxy groups -OCH3 is 1. The zero-order valence-electron chi connectivity index (χ0n) is 14.0. The molecule has 6 heteroatoms. The van der Waals surface area contributed by atoms with Gasteiger partial charge in [-0.05, 0) is 44.6 Å². The number of rotatable bonds is 8. The molecule has 0 radical (unpaired) electrons. The third-order valence-corrected chi connectivity index (χ3v) is 4.08. The van der Waals surface area contributed by atoms with E-state index in [2.05, 4.69) is 10.6 Å². The first-order valence-electron chi connectivity index (χ1n) is 7.82. The lowest BCUT2D eigenvalue weighted by atomic mass is 10.0. The van der Waals surface area contributed by atoms with Crippen LogP contribution < -0.4 is 15.4 Å². The summed E-state index contributed by atoms with van der Waals surface area (Å²) in [6, 6.07) is 7.50. The van der Waals surface area contributed by atoms with Crippen LogP contribution in [0.5, 0.6) is 5.75 Å². The fourth-order valence-corrected chi connectivity index (χ4v) is 2.34. The molecular weight excluding hydrogens is 294 g/mol. The fourth-order valence-electron chi connectivity index (χ4n) is 2.34. The van der Waals surface area contributed by atoms with E-state index in [1.54, 1.807) is 7.11 Å². The molecule has 2 rings (SSSR count). The number of nitrogens with zero attached hydrogens (tertiary/aromatic N) is 1. The molecule has 0 atom stereocenters. The molecule has 6 nitrogen and oxygen atoms in total. The number of benzene rings is 1. The van der Waals surface area contributed by atoms with Crippen LogP contribution in [0.2, 0.25) is 0 Å². The number of carbonyl (C=O) groups is 2. The highest BCUT2D eigenvalue weighted by molar-refractivity contribution is 6.07. The summed E-state index contributed by atoms with van der Waals surface area (Å²) in [7, 11) is 5.50. The Kier molecular flexibility index (Phi) is 5.60. The van der Waals surface area contributed by atoms with Crippen LogP contribution in [0.15, 0.2) is 24.3 Å². The van der Waals surface area contributed by atoms with Crippen LogP contribution in [-0.4, -0.2) is 51.0 Å². The number of hydrogen-bond acceptors (Lipinski definition) is 4. The summed E-state index contributed by atoms with van der Waals surface area (Å²) in [6.45, 7) is 1.73. The molecule has 0 saturated heterocycles. The minimum atomic E-state index is -0.862. The molecule has 1 aliphatic rings. The molecule has 0 aromatic heterocycles. The molecule has 1 saturated carbocycles. The standard InChI is InChI=1S/C17H25N3O3/c1-20(2)11-10-18-15(21)17(8-9-17)16(22)19-12-13-4-6-14(23-3)7-5-13/h4-7H,8-12H2,1-3H3,(H,18,21)(H,19,22). The minimum Gasteiger partial charge on any atom is -0.497 e. The minimum absolute atomic E-state index is 0.161. The second-order valence-electron chi connectivity index (χ2n) is 6.17.